The predicted octanol–water partition coefficient (Wildman–Crippen LogP) is 8.02. The van der Waals surface area contributed by atoms with Gasteiger partial charge in [0.25, 0.3) is 0 Å². The van der Waals surface area contributed by atoms with Gasteiger partial charge in [0.05, 0.1) is 16.8 Å². The lowest BCUT2D eigenvalue weighted by atomic mass is 9.95. The van der Waals surface area contributed by atoms with Crippen LogP contribution in [0.3, 0.4) is 0 Å². The quantitative estimate of drug-likeness (QED) is 0.203. The standard InChI is InChI=1S/C32H27NO2/c1-20-10-12-26(13-11-20)31-23(4)29(28-19-21(2)18-22(3)30(28)33-31)32(34)35-27-16-14-25(15-17-27)24-8-6-5-7-9-24/h5-19H,1-4H3. The molecule has 1 aromatic heterocycles. The van der Waals surface area contributed by atoms with E-state index in [4.69, 9.17) is 9.72 Å². The molecule has 0 N–H and O–H groups in total. The SMILES string of the molecule is Cc1ccc(-c2nc3c(C)cc(C)cc3c(C(=O)Oc3ccc(-c4ccccc4)cc3)c2C)cc1. The maximum atomic E-state index is 13.6. The van der Waals surface area contributed by atoms with Crippen molar-refractivity contribution in [3.8, 4) is 28.1 Å². The lowest BCUT2D eigenvalue weighted by molar-refractivity contribution is 0.0736. The smallest absolute Gasteiger partial charge is 0.344 e. The molecule has 0 atom stereocenters. The highest BCUT2D eigenvalue weighted by atomic mass is 16.5. The topological polar surface area (TPSA) is 39.2 Å². The van der Waals surface area contributed by atoms with Crippen LogP contribution in [0.25, 0.3) is 33.3 Å². The van der Waals surface area contributed by atoms with Gasteiger partial charge in [-0.05, 0) is 68.1 Å². The first kappa shape index (κ1) is 22.5. The largest absolute Gasteiger partial charge is 0.423 e. The number of aromatic nitrogens is 1. The fourth-order valence-electron chi connectivity index (χ4n) is 4.57. The van der Waals surface area contributed by atoms with Crippen molar-refractivity contribution in [3.63, 3.8) is 0 Å². The summed E-state index contributed by atoms with van der Waals surface area (Å²) in [5, 5.41) is 0.821. The van der Waals surface area contributed by atoms with Crippen LogP contribution in [-0.2, 0) is 0 Å². The molecular formula is C32H27NO2. The molecule has 0 amide bonds. The predicted molar refractivity (Wildman–Crippen MR) is 143 cm³/mol. The lowest BCUT2D eigenvalue weighted by Gasteiger charge is -2.16. The summed E-state index contributed by atoms with van der Waals surface area (Å²) in [5.41, 5.74) is 9.48. The number of rotatable bonds is 4. The molecule has 0 bridgehead atoms. The van der Waals surface area contributed by atoms with Gasteiger partial charge in [0.2, 0.25) is 0 Å². The summed E-state index contributed by atoms with van der Waals surface area (Å²) in [6.45, 7) is 8.08. The lowest BCUT2D eigenvalue weighted by Crippen LogP contribution is -2.13. The van der Waals surface area contributed by atoms with Gasteiger partial charge < -0.3 is 4.74 Å². The highest BCUT2D eigenvalue weighted by Gasteiger charge is 2.22. The number of fused-ring (bicyclic) bond motifs is 1. The minimum Gasteiger partial charge on any atom is -0.423 e. The van der Waals surface area contributed by atoms with Crippen molar-refractivity contribution in [2.24, 2.45) is 0 Å². The Hall–Kier alpha value is -4.24. The Bertz CT molecular complexity index is 1530. The van der Waals surface area contributed by atoms with Gasteiger partial charge in [-0.1, -0.05) is 83.9 Å². The molecule has 3 heteroatoms. The molecule has 0 unspecified atom stereocenters. The molecule has 172 valence electrons. The zero-order chi connectivity index (χ0) is 24.5. The monoisotopic (exact) mass is 457 g/mol. The highest BCUT2D eigenvalue weighted by Crippen LogP contribution is 2.33. The number of ether oxygens (including phenoxy) is 1. The van der Waals surface area contributed by atoms with E-state index in [9.17, 15) is 4.79 Å². The molecule has 0 saturated heterocycles. The first-order chi connectivity index (χ1) is 16.9. The van der Waals surface area contributed by atoms with Crippen LogP contribution >= 0.6 is 0 Å². The normalized spacial score (nSPS) is 11.0. The van der Waals surface area contributed by atoms with E-state index in [0.29, 0.717) is 11.3 Å². The van der Waals surface area contributed by atoms with Crippen molar-refractivity contribution in [2.75, 3.05) is 0 Å². The Morgan fingerprint density at radius 3 is 2.00 bits per heavy atom. The maximum absolute atomic E-state index is 13.6. The molecule has 5 rings (SSSR count). The summed E-state index contributed by atoms with van der Waals surface area (Å²) < 4.78 is 5.90. The first-order valence-electron chi connectivity index (χ1n) is 11.8. The van der Waals surface area contributed by atoms with Crippen LogP contribution < -0.4 is 4.74 Å². The van der Waals surface area contributed by atoms with Crippen molar-refractivity contribution in [1.29, 1.82) is 0 Å². The number of aryl methyl sites for hydroxylation is 3. The second kappa shape index (κ2) is 9.19. The van der Waals surface area contributed by atoms with Crippen LogP contribution in [0.15, 0.2) is 91.0 Å². The van der Waals surface area contributed by atoms with Gasteiger partial charge in [-0.2, -0.15) is 0 Å². The molecule has 1 heterocycles. The summed E-state index contributed by atoms with van der Waals surface area (Å²) in [6, 6.07) is 30.1. The molecule has 0 radical (unpaired) electrons. The number of pyridine rings is 1. The number of hydrogen-bond acceptors (Lipinski definition) is 3. The molecule has 4 aromatic carbocycles. The first-order valence-corrected chi connectivity index (χ1v) is 11.8. The van der Waals surface area contributed by atoms with E-state index in [1.54, 1.807) is 0 Å². The van der Waals surface area contributed by atoms with Gasteiger partial charge in [0, 0.05) is 10.9 Å². The Balaban J connectivity index is 1.58. The van der Waals surface area contributed by atoms with Crippen molar-refractivity contribution in [3.05, 3.63) is 119 Å². The molecule has 0 saturated carbocycles. The summed E-state index contributed by atoms with van der Waals surface area (Å²) >= 11 is 0. The molecule has 0 aliphatic heterocycles. The summed E-state index contributed by atoms with van der Waals surface area (Å²) in [6.07, 6.45) is 0. The Morgan fingerprint density at radius 1 is 0.686 bits per heavy atom. The summed E-state index contributed by atoms with van der Waals surface area (Å²) in [4.78, 5) is 18.6. The maximum Gasteiger partial charge on any atom is 0.344 e. The fourth-order valence-corrected chi connectivity index (χ4v) is 4.57. The van der Waals surface area contributed by atoms with Gasteiger partial charge >= 0.3 is 5.97 Å². The number of hydrogen-bond donors (Lipinski definition) is 0. The Labute approximate surface area is 206 Å². The van der Waals surface area contributed by atoms with Gasteiger partial charge in [-0.15, -0.1) is 0 Å². The van der Waals surface area contributed by atoms with Crippen LogP contribution in [0.5, 0.6) is 5.75 Å². The second-order valence-corrected chi connectivity index (χ2v) is 9.08. The van der Waals surface area contributed by atoms with Crippen molar-refractivity contribution < 1.29 is 9.53 Å². The molecule has 0 aliphatic rings. The second-order valence-electron chi connectivity index (χ2n) is 9.08. The van der Waals surface area contributed by atoms with Crippen molar-refractivity contribution in [1.82, 2.24) is 4.98 Å². The van der Waals surface area contributed by atoms with E-state index < -0.39 is 0 Å². The van der Waals surface area contributed by atoms with Gasteiger partial charge in [-0.25, -0.2) is 9.78 Å². The van der Waals surface area contributed by atoms with Crippen molar-refractivity contribution >= 4 is 16.9 Å². The molecule has 0 spiro atoms. The van der Waals surface area contributed by atoms with E-state index in [1.807, 2.05) is 69.3 Å². The zero-order valence-corrected chi connectivity index (χ0v) is 20.4. The molecule has 0 aliphatic carbocycles. The Morgan fingerprint density at radius 2 is 1.31 bits per heavy atom. The molecule has 35 heavy (non-hydrogen) atoms. The summed E-state index contributed by atoms with van der Waals surface area (Å²) in [5.74, 6) is 0.140. The highest BCUT2D eigenvalue weighted by molar-refractivity contribution is 6.08. The third kappa shape index (κ3) is 4.45. The zero-order valence-electron chi connectivity index (χ0n) is 20.4. The third-order valence-electron chi connectivity index (χ3n) is 6.37. The minimum absolute atomic E-state index is 0.374. The van der Waals surface area contributed by atoms with E-state index >= 15 is 0 Å². The molecule has 3 nitrogen and oxygen atoms in total. The van der Waals surface area contributed by atoms with Crippen LogP contribution in [0, 0.1) is 27.7 Å². The number of benzene rings is 4. The molecular weight excluding hydrogens is 430 g/mol. The van der Waals surface area contributed by atoms with E-state index in [2.05, 4.69) is 49.4 Å². The molecule has 5 aromatic rings. The number of carbonyl (C=O) groups is 1. The van der Waals surface area contributed by atoms with E-state index in [1.165, 1.54) is 5.56 Å². The van der Waals surface area contributed by atoms with E-state index in [-0.39, 0.29) is 5.97 Å². The fraction of sp³-hybridized carbons (Fsp3) is 0.125. The minimum atomic E-state index is -0.374. The van der Waals surface area contributed by atoms with Gasteiger partial charge in [0.15, 0.2) is 0 Å². The number of nitrogens with zero attached hydrogens (tertiary/aromatic N) is 1. The van der Waals surface area contributed by atoms with Crippen LogP contribution in [0.1, 0.15) is 32.6 Å². The molecule has 0 fully saturated rings. The van der Waals surface area contributed by atoms with Gasteiger partial charge in [-0.3, -0.25) is 0 Å². The van der Waals surface area contributed by atoms with E-state index in [0.717, 1.165) is 50.0 Å². The van der Waals surface area contributed by atoms with Crippen LogP contribution in [0.4, 0.5) is 0 Å². The number of carbonyl (C=O) groups excluding carboxylic acids is 1. The van der Waals surface area contributed by atoms with Gasteiger partial charge in [0.1, 0.15) is 5.75 Å². The third-order valence-corrected chi connectivity index (χ3v) is 6.37. The average molecular weight is 458 g/mol. The van der Waals surface area contributed by atoms with Crippen LogP contribution in [-0.4, -0.2) is 11.0 Å². The van der Waals surface area contributed by atoms with Crippen molar-refractivity contribution in [2.45, 2.75) is 27.7 Å². The summed E-state index contributed by atoms with van der Waals surface area (Å²) in [7, 11) is 0. The van der Waals surface area contributed by atoms with Crippen LogP contribution in [0.2, 0.25) is 0 Å². The average Bonchev–Trinajstić information content (AvgIpc) is 2.85. The number of esters is 1. The Kier molecular flexibility index (Phi) is 5.92.